The smallest absolute Gasteiger partial charge is 0.227 e. The molecule has 0 atom stereocenters. The minimum atomic E-state index is -0.0876. The van der Waals surface area contributed by atoms with E-state index in [9.17, 15) is 9.59 Å². The molecule has 2 aromatic carbocycles. The predicted molar refractivity (Wildman–Crippen MR) is 118 cm³/mol. The highest BCUT2D eigenvalue weighted by atomic mass is 16.5. The third-order valence-corrected chi connectivity index (χ3v) is 5.45. The van der Waals surface area contributed by atoms with Gasteiger partial charge in [0.25, 0.3) is 0 Å². The van der Waals surface area contributed by atoms with Gasteiger partial charge in [-0.15, -0.1) is 0 Å². The molecule has 1 N–H and O–H groups in total. The minimum absolute atomic E-state index is 0.00588. The van der Waals surface area contributed by atoms with Gasteiger partial charge in [-0.1, -0.05) is 18.2 Å². The second-order valence-corrected chi connectivity index (χ2v) is 7.55. The lowest BCUT2D eigenvalue weighted by Gasteiger charge is -2.31. The zero-order chi connectivity index (χ0) is 21.5. The van der Waals surface area contributed by atoms with Crippen molar-refractivity contribution in [2.45, 2.75) is 19.3 Å². The molecule has 0 spiro atoms. The number of anilines is 1. The van der Waals surface area contributed by atoms with E-state index in [0.29, 0.717) is 39.0 Å². The lowest BCUT2D eigenvalue weighted by molar-refractivity contribution is -0.135. The summed E-state index contributed by atoms with van der Waals surface area (Å²) in [5.74, 6) is 0.758. The van der Waals surface area contributed by atoms with Gasteiger partial charge in [-0.05, 0) is 55.3 Å². The van der Waals surface area contributed by atoms with Gasteiger partial charge in [0.2, 0.25) is 11.8 Å². The van der Waals surface area contributed by atoms with E-state index in [1.807, 2.05) is 71.8 Å². The summed E-state index contributed by atoms with van der Waals surface area (Å²) >= 11 is 0. The first-order chi connectivity index (χ1) is 15.2. The second kappa shape index (κ2) is 9.93. The van der Waals surface area contributed by atoms with Crippen molar-refractivity contribution in [1.82, 2.24) is 14.7 Å². The summed E-state index contributed by atoms with van der Waals surface area (Å²) in [6.45, 7) is 1.55. The number of rotatable bonds is 7. The molecule has 31 heavy (non-hydrogen) atoms. The van der Waals surface area contributed by atoms with E-state index in [2.05, 4.69) is 10.4 Å². The largest absolute Gasteiger partial charge is 0.493 e. The van der Waals surface area contributed by atoms with Gasteiger partial charge < -0.3 is 15.0 Å². The number of likely N-dealkylation sites (tertiary alicyclic amines) is 1. The molecule has 1 aliphatic rings. The number of aromatic nitrogens is 2. The number of hydrogen-bond donors (Lipinski definition) is 1. The van der Waals surface area contributed by atoms with Crippen LogP contribution in [0.3, 0.4) is 0 Å². The van der Waals surface area contributed by atoms with Crippen LogP contribution >= 0.6 is 0 Å². The van der Waals surface area contributed by atoms with E-state index >= 15 is 0 Å². The third kappa shape index (κ3) is 5.51. The highest BCUT2D eigenvalue weighted by Crippen LogP contribution is 2.21. The van der Waals surface area contributed by atoms with Crippen molar-refractivity contribution < 1.29 is 14.3 Å². The van der Waals surface area contributed by atoms with Crippen molar-refractivity contribution in [2.75, 3.05) is 25.0 Å². The summed E-state index contributed by atoms with van der Waals surface area (Å²) in [4.78, 5) is 26.9. The van der Waals surface area contributed by atoms with Gasteiger partial charge in [-0.3, -0.25) is 9.59 Å². The maximum absolute atomic E-state index is 12.6. The van der Waals surface area contributed by atoms with Crippen molar-refractivity contribution in [3.05, 3.63) is 73.1 Å². The molecule has 0 radical (unpaired) electrons. The van der Waals surface area contributed by atoms with Crippen molar-refractivity contribution in [2.24, 2.45) is 5.92 Å². The molecule has 1 fully saturated rings. The van der Waals surface area contributed by atoms with Gasteiger partial charge in [0.15, 0.2) is 0 Å². The third-order valence-electron chi connectivity index (χ3n) is 5.45. The Kier molecular flexibility index (Phi) is 6.62. The summed E-state index contributed by atoms with van der Waals surface area (Å²) in [7, 11) is 0. The highest BCUT2D eigenvalue weighted by Gasteiger charge is 2.27. The fourth-order valence-corrected chi connectivity index (χ4v) is 3.69. The molecule has 0 aliphatic carbocycles. The van der Waals surface area contributed by atoms with Gasteiger partial charge in [0, 0.05) is 37.1 Å². The Morgan fingerprint density at radius 2 is 1.74 bits per heavy atom. The first kappa shape index (κ1) is 20.7. The number of carbonyl (C=O) groups is 2. The van der Waals surface area contributed by atoms with Crippen molar-refractivity contribution in [3.8, 4) is 11.4 Å². The van der Waals surface area contributed by atoms with E-state index in [1.165, 1.54) is 0 Å². The molecule has 1 aliphatic heterocycles. The second-order valence-electron chi connectivity index (χ2n) is 7.55. The van der Waals surface area contributed by atoms with Gasteiger partial charge in [-0.2, -0.15) is 5.10 Å². The molecular weight excluding hydrogens is 392 g/mol. The van der Waals surface area contributed by atoms with Gasteiger partial charge in [0.05, 0.1) is 18.7 Å². The molecule has 7 nitrogen and oxygen atoms in total. The van der Waals surface area contributed by atoms with Crippen LogP contribution in [0.1, 0.15) is 19.3 Å². The number of amides is 2. The Morgan fingerprint density at radius 1 is 1.00 bits per heavy atom. The average Bonchev–Trinajstić information content (AvgIpc) is 3.35. The molecule has 0 saturated carbocycles. The lowest BCUT2D eigenvalue weighted by Crippen LogP contribution is -2.41. The maximum Gasteiger partial charge on any atom is 0.227 e. The minimum Gasteiger partial charge on any atom is -0.493 e. The number of nitrogens with zero attached hydrogens (tertiary/aromatic N) is 3. The quantitative estimate of drug-likeness (QED) is 0.637. The fourth-order valence-electron chi connectivity index (χ4n) is 3.69. The van der Waals surface area contributed by atoms with Crippen LogP contribution in [-0.4, -0.2) is 46.2 Å². The van der Waals surface area contributed by atoms with Crippen molar-refractivity contribution >= 4 is 17.5 Å². The van der Waals surface area contributed by atoms with Crippen molar-refractivity contribution in [3.63, 3.8) is 0 Å². The Bertz CT molecular complexity index is 979. The van der Waals surface area contributed by atoms with Crippen LogP contribution in [0.4, 0.5) is 5.69 Å². The molecule has 0 unspecified atom stereocenters. The number of piperidine rings is 1. The number of benzene rings is 2. The molecule has 3 aromatic rings. The monoisotopic (exact) mass is 418 g/mol. The Hall–Kier alpha value is -3.61. The molecule has 160 valence electrons. The average molecular weight is 418 g/mol. The van der Waals surface area contributed by atoms with Crippen LogP contribution in [0, 0.1) is 5.92 Å². The van der Waals surface area contributed by atoms with Crippen LogP contribution in [0.15, 0.2) is 73.1 Å². The summed E-state index contributed by atoms with van der Waals surface area (Å²) in [5, 5.41) is 7.18. The number of hydrogen-bond acceptors (Lipinski definition) is 4. The molecule has 2 heterocycles. The lowest BCUT2D eigenvalue weighted by atomic mass is 9.95. The molecule has 4 rings (SSSR count). The Morgan fingerprint density at radius 3 is 2.42 bits per heavy atom. The molecule has 1 saturated heterocycles. The molecule has 7 heteroatoms. The first-order valence-corrected chi connectivity index (χ1v) is 10.6. The molecule has 1 aromatic heterocycles. The van der Waals surface area contributed by atoms with Gasteiger partial charge in [-0.25, -0.2) is 4.68 Å². The van der Waals surface area contributed by atoms with Crippen LogP contribution < -0.4 is 10.1 Å². The van der Waals surface area contributed by atoms with E-state index in [4.69, 9.17) is 4.74 Å². The van der Waals surface area contributed by atoms with E-state index in [-0.39, 0.29) is 17.7 Å². The predicted octanol–water partition coefficient (Wildman–Crippen LogP) is 3.52. The Balaban J connectivity index is 1.20. The first-order valence-electron chi connectivity index (χ1n) is 10.6. The SMILES string of the molecule is O=C(Nc1ccc(-n2cccn2)cc1)C1CCN(C(=O)CCOc2ccccc2)CC1. The molecule has 2 amide bonds. The number of ether oxygens (including phenoxy) is 1. The van der Waals surface area contributed by atoms with Crippen LogP contribution in [-0.2, 0) is 9.59 Å². The normalized spacial score (nSPS) is 14.3. The number of carbonyl (C=O) groups excluding carboxylic acids is 2. The summed E-state index contributed by atoms with van der Waals surface area (Å²) in [5.41, 5.74) is 1.70. The Labute approximate surface area is 181 Å². The van der Waals surface area contributed by atoms with Crippen LogP contribution in [0.2, 0.25) is 0 Å². The zero-order valence-corrected chi connectivity index (χ0v) is 17.3. The van der Waals surface area contributed by atoms with Crippen LogP contribution in [0.25, 0.3) is 5.69 Å². The van der Waals surface area contributed by atoms with E-state index in [0.717, 1.165) is 17.1 Å². The highest BCUT2D eigenvalue weighted by molar-refractivity contribution is 5.92. The number of para-hydroxylation sites is 1. The summed E-state index contributed by atoms with van der Waals surface area (Å²) in [6.07, 6.45) is 5.28. The van der Waals surface area contributed by atoms with Crippen molar-refractivity contribution in [1.29, 1.82) is 0 Å². The summed E-state index contributed by atoms with van der Waals surface area (Å²) < 4.78 is 7.38. The van der Waals surface area contributed by atoms with Crippen LogP contribution in [0.5, 0.6) is 5.75 Å². The van der Waals surface area contributed by atoms with Gasteiger partial charge in [0.1, 0.15) is 5.75 Å². The topological polar surface area (TPSA) is 76.5 Å². The number of nitrogens with one attached hydrogen (secondary N) is 1. The van der Waals surface area contributed by atoms with E-state index < -0.39 is 0 Å². The standard InChI is InChI=1S/C24H26N4O3/c29-23(13-18-31-22-5-2-1-3-6-22)27-16-11-19(12-17-27)24(30)26-20-7-9-21(10-8-20)28-15-4-14-25-28/h1-10,14-15,19H,11-13,16-18H2,(H,26,30). The summed E-state index contributed by atoms with van der Waals surface area (Å²) in [6, 6.07) is 18.9. The van der Waals surface area contributed by atoms with E-state index in [1.54, 1.807) is 10.9 Å². The molecule has 0 bridgehead atoms. The zero-order valence-electron chi connectivity index (χ0n) is 17.3. The fraction of sp³-hybridized carbons (Fsp3) is 0.292. The van der Waals surface area contributed by atoms with Gasteiger partial charge >= 0.3 is 0 Å². The maximum atomic E-state index is 12.6. The molecular formula is C24H26N4O3.